The van der Waals surface area contributed by atoms with Gasteiger partial charge < -0.3 is 5.32 Å². The van der Waals surface area contributed by atoms with Gasteiger partial charge in [-0.05, 0) is 103 Å². The second-order valence-electron chi connectivity index (χ2n) is 8.84. The van der Waals surface area contributed by atoms with Gasteiger partial charge >= 0.3 is 0 Å². The fraction of sp³-hybridized carbons (Fsp3) is 0.481. The number of allylic oxidation sites excluding steroid dienone is 6. The van der Waals surface area contributed by atoms with E-state index in [1.54, 1.807) is 5.57 Å². The molecule has 0 aliphatic heterocycles. The highest BCUT2D eigenvalue weighted by Crippen LogP contribution is 2.49. The third kappa shape index (κ3) is 3.82. The van der Waals surface area contributed by atoms with E-state index < -0.39 is 0 Å². The summed E-state index contributed by atoms with van der Waals surface area (Å²) in [6.07, 6.45) is 3.67. The summed E-state index contributed by atoms with van der Waals surface area (Å²) in [7, 11) is 0. The van der Waals surface area contributed by atoms with Gasteiger partial charge in [0.05, 0.1) is 0 Å². The molecule has 2 aliphatic carbocycles. The van der Waals surface area contributed by atoms with Gasteiger partial charge in [0.1, 0.15) is 0 Å². The van der Waals surface area contributed by atoms with Crippen LogP contribution in [0, 0.1) is 24.7 Å². The molecule has 3 atom stereocenters. The van der Waals surface area contributed by atoms with Gasteiger partial charge in [-0.1, -0.05) is 63.8 Å². The maximum Gasteiger partial charge on any atom is -0.00175 e. The average molecular weight is 376 g/mol. The fourth-order valence-electron chi connectivity index (χ4n) is 4.96. The van der Waals surface area contributed by atoms with Gasteiger partial charge in [-0.25, -0.2) is 0 Å². The van der Waals surface area contributed by atoms with Gasteiger partial charge in [0.2, 0.25) is 0 Å². The minimum Gasteiger partial charge on any atom is -0.317 e. The standard InChI is InChI=1S/C27H37N/c1-8-28-16-23-13-14-24(15-23)27(25-12-10-9-11-17(25)2)26-21(6)19(4)18(3)20(5)22(26)7/h9-12,18,20,23,28H,4,7-8,13-16H2,1-3,5-6H3/b27-24-. The van der Waals surface area contributed by atoms with Crippen LogP contribution in [0.1, 0.15) is 58.1 Å². The van der Waals surface area contributed by atoms with E-state index >= 15 is 0 Å². The molecule has 1 heteroatoms. The normalized spacial score (nSPS) is 27.5. The predicted octanol–water partition coefficient (Wildman–Crippen LogP) is 6.87. The van der Waals surface area contributed by atoms with Crippen LogP contribution in [0.4, 0.5) is 0 Å². The average Bonchev–Trinajstić information content (AvgIpc) is 3.16. The van der Waals surface area contributed by atoms with E-state index in [0.29, 0.717) is 11.8 Å². The van der Waals surface area contributed by atoms with Crippen molar-refractivity contribution >= 4 is 5.57 Å². The lowest BCUT2D eigenvalue weighted by Crippen LogP contribution is -2.22. The Kier molecular flexibility index (Phi) is 6.45. The van der Waals surface area contributed by atoms with Crippen molar-refractivity contribution in [3.8, 4) is 0 Å². The van der Waals surface area contributed by atoms with E-state index in [0.717, 1.165) is 19.0 Å². The van der Waals surface area contributed by atoms with Crippen LogP contribution in [0.25, 0.3) is 5.57 Å². The fourth-order valence-corrected chi connectivity index (χ4v) is 4.96. The van der Waals surface area contributed by atoms with Crippen molar-refractivity contribution < 1.29 is 0 Å². The van der Waals surface area contributed by atoms with E-state index in [9.17, 15) is 0 Å². The molecule has 1 N–H and O–H groups in total. The number of benzene rings is 1. The lowest BCUT2D eigenvalue weighted by Gasteiger charge is -2.35. The van der Waals surface area contributed by atoms with E-state index in [4.69, 9.17) is 0 Å². The zero-order valence-electron chi connectivity index (χ0n) is 18.5. The first-order chi connectivity index (χ1) is 13.4. The van der Waals surface area contributed by atoms with Crippen LogP contribution >= 0.6 is 0 Å². The Labute approximate surface area is 172 Å². The Hall–Kier alpha value is -1.86. The van der Waals surface area contributed by atoms with Crippen molar-refractivity contribution in [2.45, 2.75) is 53.9 Å². The SMILES string of the molecule is C=C1C(C)=C(/C(=C2/CCC(CNCC)C2)c2ccccc2C)C(=C)C(C)C1C. The maximum atomic E-state index is 4.58. The molecule has 0 bridgehead atoms. The predicted molar refractivity (Wildman–Crippen MR) is 123 cm³/mol. The van der Waals surface area contributed by atoms with Gasteiger partial charge in [-0.3, -0.25) is 0 Å². The quantitative estimate of drug-likeness (QED) is 0.592. The van der Waals surface area contributed by atoms with Gasteiger partial charge in [-0.15, -0.1) is 0 Å². The highest BCUT2D eigenvalue weighted by Gasteiger charge is 2.33. The Bertz CT molecular complexity index is 836. The van der Waals surface area contributed by atoms with Crippen LogP contribution in [0.3, 0.4) is 0 Å². The number of hydrogen-bond donors (Lipinski definition) is 1. The molecule has 0 saturated heterocycles. The van der Waals surface area contributed by atoms with Gasteiger partial charge in [0, 0.05) is 0 Å². The molecule has 1 nitrogen and oxygen atoms in total. The Morgan fingerprint density at radius 1 is 1.07 bits per heavy atom. The summed E-state index contributed by atoms with van der Waals surface area (Å²) in [6, 6.07) is 8.86. The molecule has 150 valence electrons. The first-order valence-electron chi connectivity index (χ1n) is 10.9. The van der Waals surface area contributed by atoms with E-state index in [1.807, 2.05) is 0 Å². The van der Waals surface area contributed by atoms with Crippen molar-refractivity contribution in [2.24, 2.45) is 17.8 Å². The molecule has 0 aromatic heterocycles. The molecule has 28 heavy (non-hydrogen) atoms. The smallest absolute Gasteiger partial charge is 0.00175 e. The molecular formula is C27H37N. The number of nitrogens with one attached hydrogen (secondary N) is 1. The van der Waals surface area contributed by atoms with Crippen LogP contribution in [0.2, 0.25) is 0 Å². The highest BCUT2D eigenvalue weighted by molar-refractivity contribution is 5.89. The lowest BCUT2D eigenvalue weighted by atomic mass is 9.69. The first-order valence-corrected chi connectivity index (χ1v) is 10.9. The van der Waals surface area contributed by atoms with Crippen molar-refractivity contribution in [3.63, 3.8) is 0 Å². The summed E-state index contributed by atoms with van der Waals surface area (Å²) in [5.74, 6) is 1.64. The summed E-state index contributed by atoms with van der Waals surface area (Å²) >= 11 is 0. The van der Waals surface area contributed by atoms with Gasteiger partial charge in [0.15, 0.2) is 0 Å². The van der Waals surface area contributed by atoms with E-state index in [2.05, 4.69) is 77.4 Å². The second-order valence-corrected chi connectivity index (χ2v) is 8.84. The van der Waals surface area contributed by atoms with Crippen LogP contribution in [0.5, 0.6) is 0 Å². The molecule has 2 aliphatic rings. The minimum absolute atomic E-state index is 0.435. The molecule has 0 radical (unpaired) electrons. The van der Waals surface area contributed by atoms with Crippen molar-refractivity contribution in [1.82, 2.24) is 5.32 Å². The van der Waals surface area contributed by atoms with Crippen molar-refractivity contribution in [1.29, 1.82) is 0 Å². The zero-order valence-corrected chi connectivity index (χ0v) is 18.5. The molecule has 1 saturated carbocycles. The minimum atomic E-state index is 0.435. The van der Waals surface area contributed by atoms with Gasteiger partial charge in [0.25, 0.3) is 0 Å². The third-order valence-corrected chi connectivity index (χ3v) is 7.12. The van der Waals surface area contributed by atoms with E-state index in [1.165, 1.54) is 58.3 Å². The first kappa shape index (κ1) is 20.9. The largest absolute Gasteiger partial charge is 0.317 e. The Balaban J connectivity index is 2.16. The highest BCUT2D eigenvalue weighted by atomic mass is 14.8. The molecular weight excluding hydrogens is 338 g/mol. The van der Waals surface area contributed by atoms with Crippen LogP contribution in [-0.4, -0.2) is 13.1 Å². The van der Waals surface area contributed by atoms with Crippen LogP contribution in [0.15, 0.2) is 65.3 Å². The number of rotatable bonds is 5. The monoisotopic (exact) mass is 375 g/mol. The van der Waals surface area contributed by atoms with Crippen LogP contribution < -0.4 is 5.32 Å². The van der Waals surface area contributed by atoms with Gasteiger partial charge in [-0.2, -0.15) is 0 Å². The van der Waals surface area contributed by atoms with Crippen molar-refractivity contribution in [2.75, 3.05) is 13.1 Å². The number of aryl methyl sites for hydroxylation is 1. The number of hydrogen-bond acceptors (Lipinski definition) is 1. The molecule has 3 unspecified atom stereocenters. The summed E-state index contributed by atoms with van der Waals surface area (Å²) in [5, 5.41) is 3.55. The summed E-state index contributed by atoms with van der Waals surface area (Å²) in [5.41, 5.74) is 11.1. The topological polar surface area (TPSA) is 12.0 Å². The lowest BCUT2D eigenvalue weighted by molar-refractivity contribution is 0.502. The molecule has 3 rings (SSSR count). The third-order valence-electron chi connectivity index (χ3n) is 7.12. The van der Waals surface area contributed by atoms with E-state index in [-0.39, 0.29) is 0 Å². The Morgan fingerprint density at radius 3 is 2.43 bits per heavy atom. The zero-order chi connectivity index (χ0) is 20.4. The molecule has 1 aromatic carbocycles. The summed E-state index contributed by atoms with van der Waals surface area (Å²) in [4.78, 5) is 0. The molecule has 0 amide bonds. The maximum absolute atomic E-state index is 4.58. The summed E-state index contributed by atoms with van der Waals surface area (Å²) in [6.45, 7) is 22.5. The second kappa shape index (κ2) is 8.66. The molecule has 0 spiro atoms. The molecule has 0 heterocycles. The molecule has 1 fully saturated rings. The molecule has 1 aromatic rings. The van der Waals surface area contributed by atoms with Crippen LogP contribution in [-0.2, 0) is 0 Å². The Morgan fingerprint density at radius 2 is 1.75 bits per heavy atom. The summed E-state index contributed by atoms with van der Waals surface area (Å²) < 4.78 is 0. The van der Waals surface area contributed by atoms with Crippen molar-refractivity contribution in [3.05, 3.63) is 76.4 Å².